The summed E-state index contributed by atoms with van der Waals surface area (Å²) in [7, 11) is 0. The average molecular weight is 263 g/mol. The zero-order valence-corrected chi connectivity index (χ0v) is 9.90. The number of amides is 1. The zero-order valence-electron chi connectivity index (χ0n) is 9.90. The van der Waals surface area contributed by atoms with Gasteiger partial charge in [-0.3, -0.25) is 5.32 Å². The molecule has 2 aromatic carbocycles. The van der Waals surface area contributed by atoms with Gasteiger partial charge >= 0.3 is 6.09 Å². The van der Waals surface area contributed by atoms with Crippen LogP contribution in [0, 0.1) is 11.6 Å². The van der Waals surface area contributed by atoms with Crippen molar-refractivity contribution in [2.45, 2.75) is 6.61 Å². The third-order valence-electron chi connectivity index (χ3n) is 2.38. The highest BCUT2D eigenvalue weighted by atomic mass is 19.2. The molecule has 0 aromatic heterocycles. The van der Waals surface area contributed by atoms with Crippen LogP contribution < -0.4 is 5.32 Å². The highest BCUT2D eigenvalue weighted by Gasteiger charge is 2.07. The normalized spacial score (nSPS) is 10.0. The van der Waals surface area contributed by atoms with Crippen molar-refractivity contribution >= 4 is 11.8 Å². The van der Waals surface area contributed by atoms with Crippen molar-refractivity contribution in [3.8, 4) is 0 Å². The van der Waals surface area contributed by atoms with E-state index in [2.05, 4.69) is 5.32 Å². The molecule has 1 N–H and O–H groups in total. The molecule has 1 amide bonds. The largest absolute Gasteiger partial charge is 0.444 e. The second-order valence-corrected chi connectivity index (χ2v) is 3.82. The predicted molar refractivity (Wildman–Crippen MR) is 66.6 cm³/mol. The van der Waals surface area contributed by atoms with Gasteiger partial charge in [-0.15, -0.1) is 0 Å². The fourth-order valence-corrected chi connectivity index (χ4v) is 1.45. The number of hydrogen-bond acceptors (Lipinski definition) is 2. The van der Waals surface area contributed by atoms with Gasteiger partial charge in [0.15, 0.2) is 11.6 Å². The van der Waals surface area contributed by atoms with E-state index >= 15 is 0 Å². The van der Waals surface area contributed by atoms with E-state index in [-0.39, 0.29) is 12.3 Å². The SMILES string of the molecule is O=C(Nc1ccc(F)c(F)c1)OCc1ccccc1. The van der Waals surface area contributed by atoms with Crippen molar-refractivity contribution in [1.82, 2.24) is 0 Å². The molecule has 0 saturated heterocycles. The van der Waals surface area contributed by atoms with Crippen LogP contribution in [-0.2, 0) is 11.3 Å². The topological polar surface area (TPSA) is 38.3 Å². The molecule has 2 rings (SSSR count). The van der Waals surface area contributed by atoms with E-state index in [1.807, 2.05) is 30.3 Å². The van der Waals surface area contributed by atoms with Crippen molar-refractivity contribution in [2.75, 3.05) is 5.32 Å². The van der Waals surface area contributed by atoms with E-state index < -0.39 is 17.7 Å². The lowest BCUT2D eigenvalue weighted by Crippen LogP contribution is -2.13. The minimum Gasteiger partial charge on any atom is -0.444 e. The van der Waals surface area contributed by atoms with Crippen LogP contribution in [-0.4, -0.2) is 6.09 Å². The van der Waals surface area contributed by atoms with E-state index in [1.165, 1.54) is 6.07 Å². The summed E-state index contributed by atoms with van der Waals surface area (Å²) in [5.74, 6) is -2.00. The van der Waals surface area contributed by atoms with Crippen LogP contribution in [0.2, 0.25) is 0 Å². The summed E-state index contributed by atoms with van der Waals surface area (Å²) in [4.78, 5) is 11.4. The number of hydrogen-bond donors (Lipinski definition) is 1. The molecule has 0 spiro atoms. The molecular weight excluding hydrogens is 252 g/mol. The van der Waals surface area contributed by atoms with Crippen molar-refractivity contribution in [3.05, 3.63) is 65.7 Å². The Morgan fingerprint density at radius 1 is 1.05 bits per heavy atom. The van der Waals surface area contributed by atoms with Gasteiger partial charge in [0.25, 0.3) is 0 Å². The van der Waals surface area contributed by atoms with E-state index in [9.17, 15) is 13.6 Å². The van der Waals surface area contributed by atoms with Crippen molar-refractivity contribution in [1.29, 1.82) is 0 Å². The first-order valence-electron chi connectivity index (χ1n) is 5.58. The van der Waals surface area contributed by atoms with E-state index in [4.69, 9.17) is 4.74 Å². The number of nitrogens with one attached hydrogen (secondary N) is 1. The number of halogens is 2. The van der Waals surface area contributed by atoms with Crippen LogP contribution in [0.3, 0.4) is 0 Å². The fourth-order valence-electron chi connectivity index (χ4n) is 1.45. The minimum atomic E-state index is -1.03. The molecular formula is C14H11F2NO2. The number of carbonyl (C=O) groups excluding carboxylic acids is 1. The summed E-state index contributed by atoms with van der Waals surface area (Å²) >= 11 is 0. The lowest BCUT2D eigenvalue weighted by molar-refractivity contribution is 0.155. The van der Waals surface area contributed by atoms with Gasteiger partial charge in [0, 0.05) is 11.8 Å². The van der Waals surface area contributed by atoms with Crippen LogP contribution in [0.15, 0.2) is 48.5 Å². The lowest BCUT2D eigenvalue weighted by atomic mass is 10.2. The Morgan fingerprint density at radius 3 is 2.47 bits per heavy atom. The standard InChI is InChI=1S/C14H11F2NO2/c15-12-7-6-11(8-13(12)16)17-14(18)19-9-10-4-2-1-3-5-10/h1-8H,9H2,(H,17,18). The quantitative estimate of drug-likeness (QED) is 0.916. The number of rotatable bonds is 3. The predicted octanol–water partition coefficient (Wildman–Crippen LogP) is 3.71. The second-order valence-electron chi connectivity index (χ2n) is 3.82. The minimum absolute atomic E-state index is 0.107. The monoisotopic (exact) mass is 263 g/mol. The molecule has 0 aliphatic carbocycles. The van der Waals surface area contributed by atoms with Crippen LogP contribution in [0.25, 0.3) is 0 Å². The number of anilines is 1. The summed E-state index contributed by atoms with van der Waals surface area (Å²) < 4.78 is 30.5. The van der Waals surface area contributed by atoms with Gasteiger partial charge in [-0.1, -0.05) is 30.3 Å². The Balaban J connectivity index is 1.89. The number of carbonyl (C=O) groups is 1. The Labute approximate surface area is 108 Å². The molecule has 0 fully saturated rings. The summed E-state index contributed by atoms with van der Waals surface area (Å²) in [5.41, 5.74) is 0.972. The van der Waals surface area contributed by atoms with E-state index in [0.717, 1.165) is 17.7 Å². The van der Waals surface area contributed by atoms with E-state index in [1.54, 1.807) is 0 Å². The molecule has 0 unspecified atom stereocenters. The molecule has 98 valence electrons. The summed E-state index contributed by atoms with van der Waals surface area (Å²) in [6, 6.07) is 12.2. The molecule has 0 heterocycles. The molecule has 0 aliphatic rings. The summed E-state index contributed by atoms with van der Waals surface area (Å²) in [5, 5.41) is 2.31. The Morgan fingerprint density at radius 2 is 1.79 bits per heavy atom. The van der Waals surface area contributed by atoms with Crippen LogP contribution in [0.1, 0.15) is 5.56 Å². The first kappa shape index (κ1) is 13.0. The molecule has 2 aromatic rings. The molecule has 5 heteroatoms. The smallest absolute Gasteiger partial charge is 0.411 e. The van der Waals surface area contributed by atoms with Gasteiger partial charge < -0.3 is 4.74 Å². The second kappa shape index (κ2) is 5.95. The average Bonchev–Trinajstić information content (AvgIpc) is 2.42. The van der Waals surface area contributed by atoms with Crippen molar-refractivity contribution in [3.63, 3.8) is 0 Å². The maximum Gasteiger partial charge on any atom is 0.411 e. The van der Waals surface area contributed by atoms with Gasteiger partial charge in [0.05, 0.1) is 0 Å². The Kier molecular flexibility index (Phi) is 4.07. The van der Waals surface area contributed by atoms with Gasteiger partial charge in [0.2, 0.25) is 0 Å². The molecule has 0 atom stereocenters. The summed E-state index contributed by atoms with van der Waals surface area (Å²) in [6.07, 6.45) is -0.727. The number of benzene rings is 2. The Hall–Kier alpha value is -2.43. The maximum atomic E-state index is 12.9. The van der Waals surface area contributed by atoms with Gasteiger partial charge in [-0.2, -0.15) is 0 Å². The molecule has 0 aliphatic heterocycles. The van der Waals surface area contributed by atoms with Gasteiger partial charge in [-0.25, -0.2) is 13.6 Å². The summed E-state index contributed by atoms with van der Waals surface area (Å²) in [6.45, 7) is 0.107. The molecule has 19 heavy (non-hydrogen) atoms. The van der Waals surface area contributed by atoms with Crippen molar-refractivity contribution in [2.24, 2.45) is 0 Å². The van der Waals surface area contributed by atoms with Crippen molar-refractivity contribution < 1.29 is 18.3 Å². The van der Waals surface area contributed by atoms with Crippen LogP contribution >= 0.6 is 0 Å². The number of ether oxygens (including phenoxy) is 1. The zero-order chi connectivity index (χ0) is 13.7. The van der Waals surface area contributed by atoms with Crippen LogP contribution in [0.5, 0.6) is 0 Å². The molecule has 0 radical (unpaired) electrons. The first-order valence-corrected chi connectivity index (χ1v) is 5.58. The first-order chi connectivity index (χ1) is 9.15. The Bertz CT molecular complexity index is 573. The maximum absolute atomic E-state index is 12.9. The molecule has 0 bridgehead atoms. The molecule has 3 nitrogen and oxygen atoms in total. The van der Waals surface area contributed by atoms with Gasteiger partial charge in [0.1, 0.15) is 6.61 Å². The third-order valence-corrected chi connectivity index (χ3v) is 2.38. The van der Waals surface area contributed by atoms with Crippen LogP contribution in [0.4, 0.5) is 19.3 Å². The third kappa shape index (κ3) is 3.77. The highest BCUT2D eigenvalue weighted by molar-refractivity contribution is 5.84. The fraction of sp³-hybridized carbons (Fsp3) is 0.0714. The van der Waals surface area contributed by atoms with Gasteiger partial charge in [-0.05, 0) is 17.7 Å². The van der Waals surface area contributed by atoms with E-state index in [0.29, 0.717) is 0 Å². The lowest BCUT2D eigenvalue weighted by Gasteiger charge is -2.07. The highest BCUT2D eigenvalue weighted by Crippen LogP contribution is 2.13. The molecule has 0 saturated carbocycles.